The molecule has 0 aliphatic carbocycles. The Morgan fingerprint density at radius 2 is 1.85 bits per heavy atom. The molecule has 2 aromatic carbocycles. The van der Waals surface area contributed by atoms with Gasteiger partial charge in [-0.05, 0) is 30.3 Å². The fourth-order valence-electron chi connectivity index (χ4n) is 2.16. The molecule has 26 heavy (non-hydrogen) atoms. The lowest BCUT2D eigenvalue weighted by Gasteiger charge is -2.10. The minimum absolute atomic E-state index is 0.0336. The first-order valence-electron chi connectivity index (χ1n) is 7.63. The van der Waals surface area contributed by atoms with E-state index in [2.05, 4.69) is 4.74 Å². The fraction of sp³-hybridized carbons (Fsp3) is 0.211. The number of halogens is 2. The molecule has 0 amide bonds. The number of hydrogen-bond donors (Lipinski definition) is 0. The Morgan fingerprint density at radius 1 is 1.08 bits per heavy atom. The summed E-state index contributed by atoms with van der Waals surface area (Å²) in [5.41, 5.74) is 0.971. The molecule has 7 heteroatoms. The van der Waals surface area contributed by atoms with Crippen LogP contribution in [0.4, 0.5) is 8.78 Å². The molecule has 2 aromatic rings. The lowest BCUT2D eigenvalue weighted by molar-refractivity contribution is -0.139. The molecule has 5 nitrogen and oxygen atoms in total. The quantitative estimate of drug-likeness (QED) is 0.522. The minimum Gasteiger partial charge on any atom is -0.497 e. The number of carbonyl (C=O) groups excluding carboxylic acids is 1. The van der Waals surface area contributed by atoms with Crippen molar-refractivity contribution in [2.75, 3.05) is 14.2 Å². The van der Waals surface area contributed by atoms with Gasteiger partial charge in [-0.2, -0.15) is 8.78 Å². The molecule has 0 bridgehead atoms. The maximum Gasteiger partial charge on any atom is 0.387 e. The van der Waals surface area contributed by atoms with Crippen molar-refractivity contribution in [1.29, 1.82) is 0 Å². The van der Waals surface area contributed by atoms with Crippen LogP contribution in [0.15, 0.2) is 48.5 Å². The summed E-state index contributed by atoms with van der Waals surface area (Å²) in [6.45, 7) is -3.14. The van der Waals surface area contributed by atoms with Crippen molar-refractivity contribution in [2.45, 2.75) is 13.2 Å². The highest BCUT2D eigenvalue weighted by Crippen LogP contribution is 2.25. The minimum atomic E-state index is -2.95. The first-order valence-corrected chi connectivity index (χ1v) is 7.63. The average Bonchev–Trinajstić information content (AvgIpc) is 2.64. The number of rotatable bonds is 8. The molecule has 0 unspecified atom stereocenters. The van der Waals surface area contributed by atoms with Crippen molar-refractivity contribution < 1.29 is 32.5 Å². The second-order valence-corrected chi connectivity index (χ2v) is 5.04. The Morgan fingerprint density at radius 3 is 2.54 bits per heavy atom. The average molecular weight is 364 g/mol. The van der Waals surface area contributed by atoms with Gasteiger partial charge in [0.1, 0.15) is 23.9 Å². The monoisotopic (exact) mass is 364 g/mol. The number of carbonyl (C=O) groups is 1. The van der Waals surface area contributed by atoms with Gasteiger partial charge in [-0.1, -0.05) is 18.2 Å². The molecule has 0 fully saturated rings. The van der Waals surface area contributed by atoms with Gasteiger partial charge in [0.25, 0.3) is 0 Å². The van der Waals surface area contributed by atoms with E-state index in [1.807, 2.05) is 0 Å². The van der Waals surface area contributed by atoms with Gasteiger partial charge in [0, 0.05) is 17.2 Å². The molecule has 0 aliphatic heterocycles. The van der Waals surface area contributed by atoms with Gasteiger partial charge in [0.2, 0.25) is 0 Å². The van der Waals surface area contributed by atoms with Gasteiger partial charge in [-0.25, -0.2) is 4.79 Å². The van der Waals surface area contributed by atoms with E-state index in [1.54, 1.807) is 36.4 Å². The summed E-state index contributed by atoms with van der Waals surface area (Å²) in [6, 6.07) is 11.3. The zero-order chi connectivity index (χ0) is 18.9. The molecule has 0 saturated heterocycles. The van der Waals surface area contributed by atoms with Crippen LogP contribution < -0.4 is 14.2 Å². The number of alkyl halides is 2. The lowest BCUT2D eigenvalue weighted by Crippen LogP contribution is -2.06. The Bertz CT molecular complexity index is 774. The molecule has 0 aliphatic rings. The zero-order valence-corrected chi connectivity index (χ0v) is 14.3. The van der Waals surface area contributed by atoms with E-state index in [9.17, 15) is 13.6 Å². The maximum atomic E-state index is 12.4. The molecule has 138 valence electrons. The van der Waals surface area contributed by atoms with E-state index in [0.717, 1.165) is 0 Å². The van der Waals surface area contributed by atoms with Crippen molar-refractivity contribution in [1.82, 2.24) is 0 Å². The van der Waals surface area contributed by atoms with Gasteiger partial charge in [-0.3, -0.25) is 0 Å². The molecule has 0 saturated carbocycles. The molecule has 2 rings (SSSR count). The number of esters is 1. The zero-order valence-electron chi connectivity index (χ0n) is 14.3. The number of benzene rings is 2. The second kappa shape index (κ2) is 9.41. The molecule has 0 spiro atoms. The van der Waals surface area contributed by atoms with Gasteiger partial charge in [0.15, 0.2) is 0 Å². The third kappa shape index (κ3) is 5.47. The first kappa shape index (κ1) is 19.2. The van der Waals surface area contributed by atoms with Crippen LogP contribution >= 0.6 is 0 Å². The predicted octanol–water partition coefficient (Wildman–Crippen LogP) is 4.06. The van der Waals surface area contributed by atoms with Crippen LogP contribution in [0, 0.1) is 0 Å². The van der Waals surface area contributed by atoms with E-state index >= 15 is 0 Å². The smallest absolute Gasteiger partial charge is 0.387 e. The molecular weight excluding hydrogens is 346 g/mol. The summed E-state index contributed by atoms with van der Waals surface area (Å²) < 4.78 is 44.6. The first-order chi connectivity index (χ1) is 12.5. The maximum absolute atomic E-state index is 12.4. The van der Waals surface area contributed by atoms with E-state index in [0.29, 0.717) is 22.6 Å². The van der Waals surface area contributed by atoms with Crippen LogP contribution in [0.3, 0.4) is 0 Å². The third-order valence-corrected chi connectivity index (χ3v) is 3.39. The fourth-order valence-corrected chi connectivity index (χ4v) is 2.16. The van der Waals surface area contributed by atoms with Crippen LogP contribution in [-0.2, 0) is 16.1 Å². The number of hydrogen-bond acceptors (Lipinski definition) is 5. The Labute approximate surface area is 149 Å². The molecular formula is C19H18F2O5. The van der Waals surface area contributed by atoms with Crippen LogP contribution in [-0.4, -0.2) is 26.8 Å². The van der Waals surface area contributed by atoms with Crippen molar-refractivity contribution >= 4 is 12.0 Å². The second-order valence-electron chi connectivity index (χ2n) is 5.04. The Hall–Kier alpha value is -3.09. The van der Waals surface area contributed by atoms with E-state index in [-0.39, 0.29) is 12.4 Å². The van der Waals surface area contributed by atoms with Crippen LogP contribution in [0.2, 0.25) is 0 Å². The molecule has 0 radical (unpaired) electrons. The largest absolute Gasteiger partial charge is 0.497 e. The third-order valence-electron chi connectivity index (χ3n) is 3.39. The van der Waals surface area contributed by atoms with Gasteiger partial charge < -0.3 is 18.9 Å². The van der Waals surface area contributed by atoms with Crippen molar-refractivity contribution in [2.24, 2.45) is 0 Å². The number of ether oxygens (including phenoxy) is 4. The lowest BCUT2D eigenvalue weighted by atomic mass is 10.1. The van der Waals surface area contributed by atoms with Crippen molar-refractivity contribution in [3.05, 3.63) is 59.7 Å². The summed E-state index contributed by atoms with van der Waals surface area (Å²) in [5, 5.41) is 0. The van der Waals surface area contributed by atoms with Crippen molar-refractivity contribution in [3.8, 4) is 17.2 Å². The summed E-state index contributed by atoms with van der Waals surface area (Å²) in [5.74, 6) is 0.498. The van der Waals surface area contributed by atoms with Crippen LogP contribution in [0.25, 0.3) is 6.08 Å². The molecule has 0 heterocycles. The van der Waals surface area contributed by atoms with E-state index < -0.39 is 12.6 Å². The molecule has 0 atom stereocenters. The number of para-hydroxylation sites is 1. The highest BCUT2D eigenvalue weighted by molar-refractivity contribution is 5.87. The van der Waals surface area contributed by atoms with Crippen molar-refractivity contribution in [3.63, 3.8) is 0 Å². The summed E-state index contributed by atoms with van der Waals surface area (Å²) in [6.07, 6.45) is 2.74. The van der Waals surface area contributed by atoms with Gasteiger partial charge in [0.05, 0.1) is 14.2 Å². The summed E-state index contributed by atoms with van der Waals surface area (Å²) in [4.78, 5) is 11.9. The summed E-state index contributed by atoms with van der Waals surface area (Å²) >= 11 is 0. The molecule has 0 N–H and O–H groups in total. The Kier molecular flexibility index (Phi) is 6.96. The highest BCUT2D eigenvalue weighted by atomic mass is 19.3. The van der Waals surface area contributed by atoms with E-state index in [1.165, 1.54) is 32.4 Å². The normalized spacial score (nSPS) is 10.8. The van der Waals surface area contributed by atoms with Crippen LogP contribution in [0.5, 0.6) is 17.2 Å². The Balaban J connectivity index is 2.03. The predicted molar refractivity (Wildman–Crippen MR) is 91.5 cm³/mol. The van der Waals surface area contributed by atoms with Gasteiger partial charge >= 0.3 is 12.6 Å². The van der Waals surface area contributed by atoms with Gasteiger partial charge in [-0.15, -0.1) is 0 Å². The molecule has 0 aromatic heterocycles. The topological polar surface area (TPSA) is 54.0 Å². The summed E-state index contributed by atoms with van der Waals surface area (Å²) in [7, 11) is 3.04. The number of methoxy groups -OCH3 is 2. The SMILES string of the molecule is COc1ccc(OC)c(C=CC(=O)OCc2ccccc2OC(F)F)c1. The van der Waals surface area contributed by atoms with Crippen LogP contribution in [0.1, 0.15) is 11.1 Å². The highest BCUT2D eigenvalue weighted by Gasteiger charge is 2.10. The van der Waals surface area contributed by atoms with E-state index in [4.69, 9.17) is 14.2 Å². The standard InChI is InChI=1S/C19H18F2O5/c1-23-15-8-9-16(24-2)13(11-15)7-10-18(22)25-12-14-5-3-4-6-17(14)26-19(20)21/h3-11,19H,12H2,1-2H3.